The van der Waals surface area contributed by atoms with Gasteiger partial charge in [0.05, 0.1) is 7.11 Å². The first kappa shape index (κ1) is 14.1. The normalized spacial score (nSPS) is 11.9. The van der Waals surface area contributed by atoms with Crippen molar-refractivity contribution in [1.29, 1.82) is 0 Å². The van der Waals surface area contributed by atoms with Gasteiger partial charge in [0.25, 0.3) is 0 Å². The lowest BCUT2D eigenvalue weighted by Crippen LogP contribution is -2.32. The summed E-state index contributed by atoms with van der Waals surface area (Å²) in [5.41, 5.74) is 8.58. The molecule has 0 aromatic heterocycles. The van der Waals surface area contributed by atoms with E-state index in [1.54, 1.807) is 7.11 Å². The molecule has 2 aromatic carbocycles. The van der Waals surface area contributed by atoms with E-state index in [0.717, 1.165) is 22.4 Å². The zero-order valence-electron chi connectivity index (χ0n) is 11.2. The Bertz CT molecular complexity index is 576. The second kappa shape index (κ2) is 6.21. The molecule has 2 aromatic rings. The highest BCUT2D eigenvalue weighted by atomic mass is 16.5. The topological polar surface area (TPSA) is 72.5 Å². The Balaban J connectivity index is 2.12. The lowest BCUT2D eigenvalue weighted by molar-refractivity contribution is -0.138. The van der Waals surface area contributed by atoms with E-state index in [4.69, 9.17) is 15.6 Å². The number of carboxylic acid groups (broad SMARTS) is 1. The Morgan fingerprint density at radius 3 is 2.05 bits per heavy atom. The van der Waals surface area contributed by atoms with Crippen LogP contribution in [0.2, 0.25) is 0 Å². The summed E-state index contributed by atoms with van der Waals surface area (Å²) in [7, 11) is 1.63. The Labute approximate surface area is 117 Å². The molecular weight excluding hydrogens is 254 g/mol. The molecule has 0 amide bonds. The third-order valence-corrected chi connectivity index (χ3v) is 3.15. The molecule has 4 nitrogen and oxygen atoms in total. The van der Waals surface area contributed by atoms with Gasteiger partial charge < -0.3 is 15.6 Å². The number of aliphatic carboxylic acids is 1. The number of ether oxygens (including phenoxy) is 1. The van der Waals surface area contributed by atoms with Gasteiger partial charge in [-0.25, -0.2) is 0 Å². The van der Waals surface area contributed by atoms with Gasteiger partial charge in [0, 0.05) is 0 Å². The van der Waals surface area contributed by atoms with E-state index in [2.05, 4.69) is 0 Å². The maximum Gasteiger partial charge on any atom is 0.320 e. The molecular formula is C16H17NO3. The van der Waals surface area contributed by atoms with Crippen LogP contribution in [0.3, 0.4) is 0 Å². The minimum absolute atomic E-state index is 0.332. The first-order chi connectivity index (χ1) is 9.60. The molecule has 0 unspecified atom stereocenters. The minimum atomic E-state index is -0.982. The summed E-state index contributed by atoms with van der Waals surface area (Å²) < 4.78 is 5.12. The molecule has 0 saturated heterocycles. The van der Waals surface area contributed by atoms with Crippen molar-refractivity contribution in [3.63, 3.8) is 0 Å². The van der Waals surface area contributed by atoms with E-state index in [-0.39, 0.29) is 0 Å². The zero-order valence-corrected chi connectivity index (χ0v) is 11.2. The average Bonchev–Trinajstić information content (AvgIpc) is 2.48. The number of nitrogens with two attached hydrogens (primary N) is 1. The smallest absolute Gasteiger partial charge is 0.320 e. The molecule has 3 N–H and O–H groups in total. The lowest BCUT2D eigenvalue weighted by Gasteiger charge is -2.08. The third-order valence-electron chi connectivity index (χ3n) is 3.15. The van der Waals surface area contributed by atoms with E-state index in [1.165, 1.54) is 0 Å². The Kier molecular flexibility index (Phi) is 4.38. The fourth-order valence-corrected chi connectivity index (χ4v) is 1.96. The van der Waals surface area contributed by atoms with E-state index in [9.17, 15) is 4.79 Å². The third kappa shape index (κ3) is 3.36. The molecule has 0 fully saturated rings. The molecule has 0 saturated carbocycles. The molecule has 104 valence electrons. The number of carboxylic acids is 1. The highest BCUT2D eigenvalue weighted by molar-refractivity contribution is 5.73. The SMILES string of the molecule is COc1ccc(-c2ccc(C[C@H](N)C(=O)O)cc2)cc1. The van der Waals surface area contributed by atoms with Crippen LogP contribution in [0, 0.1) is 0 Å². The van der Waals surface area contributed by atoms with Gasteiger partial charge in [0.1, 0.15) is 11.8 Å². The largest absolute Gasteiger partial charge is 0.497 e. The summed E-state index contributed by atoms with van der Waals surface area (Å²) in [5.74, 6) is -0.165. The molecule has 0 heterocycles. The van der Waals surface area contributed by atoms with Gasteiger partial charge in [-0.15, -0.1) is 0 Å². The van der Waals surface area contributed by atoms with E-state index < -0.39 is 12.0 Å². The number of hydrogen-bond acceptors (Lipinski definition) is 3. The summed E-state index contributed by atoms with van der Waals surface area (Å²) in [4.78, 5) is 10.7. The summed E-state index contributed by atoms with van der Waals surface area (Å²) >= 11 is 0. The second-order valence-electron chi connectivity index (χ2n) is 4.57. The summed E-state index contributed by atoms with van der Waals surface area (Å²) in [6, 6.07) is 14.7. The summed E-state index contributed by atoms with van der Waals surface area (Å²) in [6.07, 6.45) is 0.332. The fourth-order valence-electron chi connectivity index (χ4n) is 1.96. The average molecular weight is 271 g/mol. The maximum absolute atomic E-state index is 10.7. The molecule has 1 atom stereocenters. The van der Waals surface area contributed by atoms with Crippen molar-refractivity contribution in [3.05, 3.63) is 54.1 Å². The van der Waals surface area contributed by atoms with Gasteiger partial charge in [0.2, 0.25) is 0 Å². The number of methoxy groups -OCH3 is 1. The molecule has 0 aliphatic heterocycles. The predicted octanol–water partition coefficient (Wildman–Crippen LogP) is 2.32. The van der Waals surface area contributed by atoms with Crippen molar-refractivity contribution in [2.24, 2.45) is 5.73 Å². The zero-order chi connectivity index (χ0) is 14.5. The fraction of sp³-hybridized carbons (Fsp3) is 0.188. The van der Waals surface area contributed by atoms with Gasteiger partial charge in [-0.1, -0.05) is 36.4 Å². The Morgan fingerprint density at radius 2 is 1.60 bits per heavy atom. The first-order valence-electron chi connectivity index (χ1n) is 6.32. The minimum Gasteiger partial charge on any atom is -0.497 e. The van der Waals surface area contributed by atoms with Crippen molar-refractivity contribution < 1.29 is 14.6 Å². The number of carbonyl (C=O) groups is 1. The van der Waals surface area contributed by atoms with Crippen molar-refractivity contribution in [2.75, 3.05) is 7.11 Å². The van der Waals surface area contributed by atoms with Crippen LogP contribution < -0.4 is 10.5 Å². The second-order valence-corrected chi connectivity index (χ2v) is 4.57. The van der Waals surface area contributed by atoms with Gasteiger partial charge >= 0.3 is 5.97 Å². The molecule has 0 radical (unpaired) electrons. The number of benzene rings is 2. The Morgan fingerprint density at radius 1 is 1.10 bits per heavy atom. The van der Waals surface area contributed by atoms with Gasteiger partial charge in [-0.3, -0.25) is 4.79 Å². The lowest BCUT2D eigenvalue weighted by atomic mass is 10.0. The van der Waals surface area contributed by atoms with E-state index in [0.29, 0.717) is 6.42 Å². The van der Waals surface area contributed by atoms with Crippen LogP contribution in [0.1, 0.15) is 5.56 Å². The van der Waals surface area contributed by atoms with Crippen LogP contribution in [0.5, 0.6) is 5.75 Å². The number of hydrogen-bond donors (Lipinski definition) is 2. The van der Waals surface area contributed by atoms with Crippen molar-refractivity contribution in [3.8, 4) is 16.9 Å². The van der Waals surface area contributed by atoms with Crippen LogP contribution in [0.15, 0.2) is 48.5 Å². The Hall–Kier alpha value is -2.33. The van der Waals surface area contributed by atoms with E-state index >= 15 is 0 Å². The van der Waals surface area contributed by atoms with Crippen LogP contribution >= 0.6 is 0 Å². The van der Waals surface area contributed by atoms with Crippen molar-refractivity contribution in [1.82, 2.24) is 0 Å². The molecule has 4 heteroatoms. The monoisotopic (exact) mass is 271 g/mol. The maximum atomic E-state index is 10.7. The van der Waals surface area contributed by atoms with Crippen LogP contribution in [0.25, 0.3) is 11.1 Å². The van der Waals surface area contributed by atoms with Gasteiger partial charge in [-0.05, 0) is 35.2 Å². The predicted molar refractivity (Wildman–Crippen MR) is 77.7 cm³/mol. The molecule has 2 rings (SSSR count). The van der Waals surface area contributed by atoms with Gasteiger partial charge in [0.15, 0.2) is 0 Å². The highest BCUT2D eigenvalue weighted by Gasteiger charge is 2.11. The van der Waals surface area contributed by atoms with Crippen molar-refractivity contribution >= 4 is 5.97 Å². The first-order valence-corrected chi connectivity index (χ1v) is 6.32. The highest BCUT2D eigenvalue weighted by Crippen LogP contribution is 2.22. The van der Waals surface area contributed by atoms with Crippen LogP contribution in [-0.2, 0) is 11.2 Å². The molecule has 0 bridgehead atoms. The van der Waals surface area contributed by atoms with Crippen LogP contribution in [-0.4, -0.2) is 24.2 Å². The van der Waals surface area contributed by atoms with E-state index in [1.807, 2.05) is 48.5 Å². The van der Waals surface area contributed by atoms with Crippen molar-refractivity contribution in [2.45, 2.75) is 12.5 Å². The number of rotatable bonds is 5. The summed E-state index contributed by atoms with van der Waals surface area (Å²) in [6.45, 7) is 0. The van der Waals surface area contributed by atoms with Crippen LogP contribution in [0.4, 0.5) is 0 Å². The van der Waals surface area contributed by atoms with Gasteiger partial charge in [-0.2, -0.15) is 0 Å². The summed E-state index contributed by atoms with van der Waals surface area (Å²) in [5, 5.41) is 8.79. The molecule has 0 aliphatic carbocycles. The molecule has 0 aliphatic rings. The molecule has 20 heavy (non-hydrogen) atoms. The standard InChI is InChI=1S/C16H17NO3/c1-20-14-8-6-13(7-9-14)12-4-2-11(3-5-12)10-15(17)16(18)19/h2-9,15H,10,17H2,1H3,(H,18,19)/t15-/m0/s1. The quantitative estimate of drug-likeness (QED) is 0.875. The molecule has 0 spiro atoms.